The molecule has 1 aromatic rings. The molecule has 2 rings (SSSR count). The Kier molecular flexibility index (Phi) is 4.10. The number of benzene rings is 1. The average molecular weight is 310 g/mol. The zero-order valence-corrected chi connectivity index (χ0v) is 12.8. The number of carbonyl (C=O) groups is 1. The number of carbonyl (C=O) groups excluding carboxylic acids is 1. The largest absolute Gasteiger partial charge is 0.336 e. The van der Waals surface area contributed by atoms with Crippen molar-refractivity contribution in [1.82, 2.24) is 4.90 Å². The molecule has 1 heterocycles. The van der Waals surface area contributed by atoms with Gasteiger partial charge in [0.2, 0.25) is 0 Å². The summed E-state index contributed by atoms with van der Waals surface area (Å²) in [5.41, 5.74) is 1.91. The first-order valence-electron chi connectivity index (χ1n) is 6.58. The van der Waals surface area contributed by atoms with Crippen LogP contribution in [0.2, 0.25) is 0 Å². The van der Waals surface area contributed by atoms with Gasteiger partial charge >= 0.3 is 0 Å². The molecule has 18 heavy (non-hydrogen) atoms. The van der Waals surface area contributed by atoms with E-state index in [0.29, 0.717) is 12.0 Å². The molecule has 2 atom stereocenters. The van der Waals surface area contributed by atoms with E-state index in [1.54, 1.807) is 0 Å². The molecule has 1 aliphatic heterocycles. The number of rotatable bonds is 1. The highest BCUT2D eigenvalue weighted by Crippen LogP contribution is 2.27. The van der Waals surface area contributed by atoms with Gasteiger partial charge in [-0.3, -0.25) is 4.79 Å². The molecule has 1 aliphatic rings. The predicted molar refractivity (Wildman–Crippen MR) is 77.8 cm³/mol. The van der Waals surface area contributed by atoms with E-state index in [4.69, 9.17) is 0 Å². The number of halogens is 1. The standard InChI is InChI=1S/C15H20BrNO/c1-10-6-7-14(16)13(9-10)15(18)17-8-4-5-11(2)12(17)3/h6-7,9,11-12H,4-5,8H2,1-3H3. The summed E-state index contributed by atoms with van der Waals surface area (Å²) in [4.78, 5) is 14.6. The minimum Gasteiger partial charge on any atom is -0.336 e. The lowest BCUT2D eigenvalue weighted by molar-refractivity contribution is 0.0550. The maximum atomic E-state index is 12.6. The van der Waals surface area contributed by atoms with E-state index in [1.807, 2.05) is 30.0 Å². The molecular weight excluding hydrogens is 290 g/mol. The van der Waals surface area contributed by atoms with Gasteiger partial charge in [-0.25, -0.2) is 0 Å². The summed E-state index contributed by atoms with van der Waals surface area (Å²) in [7, 11) is 0. The van der Waals surface area contributed by atoms with E-state index in [0.717, 1.165) is 28.6 Å². The van der Waals surface area contributed by atoms with Gasteiger partial charge in [-0.1, -0.05) is 18.6 Å². The smallest absolute Gasteiger partial charge is 0.255 e. The molecule has 0 saturated carbocycles. The molecule has 0 spiro atoms. The summed E-state index contributed by atoms with van der Waals surface area (Å²) in [6, 6.07) is 6.28. The lowest BCUT2D eigenvalue weighted by Gasteiger charge is -2.38. The van der Waals surface area contributed by atoms with E-state index >= 15 is 0 Å². The van der Waals surface area contributed by atoms with Gasteiger partial charge in [0.05, 0.1) is 5.56 Å². The Labute approximate surface area is 117 Å². The Morgan fingerprint density at radius 2 is 2.11 bits per heavy atom. The molecule has 98 valence electrons. The second-order valence-electron chi connectivity index (χ2n) is 5.34. The van der Waals surface area contributed by atoms with Gasteiger partial charge in [0.15, 0.2) is 0 Å². The zero-order chi connectivity index (χ0) is 13.3. The number of amides is 1. The van der Waals surface area contributed by atoms with E-state index in [-0.39, 0.29) is 5.91 Å². The van der Waals surface area contributed by atoms with Gasteiger partial charge < -0.3 is 4.90 Å². The van der Waals surface area contributed by atoms with Crippen molar-refractivity contribution in [3.63, 3.8) is 0 Å². The van der Waals surface area contributed by atoms with Crippen molar-refractivity contribution in [2.75, 3.05) is 6.54 Å². The number of nitrogens with zero attached hydrogens (tertiary/aromatic N) is 1. The maximum Gasteiger partial charge on any atom is 0.255 e. The van der Waals surface area contributed by atoms with Crippen LogP contribution in [0.5, 0.6) is 0 Å². The molecule has 0 radical (unpaired) electrons. The van der Waals surface area contributed by atoms with Crippen molar-refractivity contribution < 1.29 is 4.79 Å². The molecule has 2 unspecified atom stereocenters. The summed E-state index contributed by atoms with van der Waals surface area (Å²) < 4.78 is 0.892. The highest BCUT2D eigenvalue weighted by atomic mass is 79.9. The molecule has 0 N–H and O–H groups in total. The molecule has 1 fully saturated rings. The summed E-state index contributed by atoms with van der Waals surface area (Å²) in [6.07, 6.45) is 2.33. The van der Waals surface area contributed by atoms with Crippen LogP contribution >= 0.6 is 15.9 Å². The Morgan fingerprint density at radius 1 is 1.39 bits per heavy atom. The van der Waals surface area contributed by atoms with Gasteiger partial charge in [-0.05, 0) is 60.7 Å². The Balaban J connectivity index is 2.27. The monoisotopic (exact) mass is 309 g/mol. The first-order valence-corrected chi connectivity index (χ1v) is 7.37. The van der Waals surface area contributed by atoms with E-state index < -0.39 is 0 Å². The third-order valence-corrected chi connectivity index (χ3v) is 4.68. The van der Waals surface area contributed by atoms with E-state index in [2.05, 4.69) is 29.8 Å². The third kappa shape index (κ3) is 2.61. The third-order valence-electron chi connectivity index (χ3n) is 3.99. The van der Waals surface area contributed by atoms with Crippen LogP contribution in [0.1, 0.15) is 42.6 Å². The van der Waals surface area contributed by atoms with Crippen LogP contribution in [0.4, 0.5) is 0 Å². The van der Waals surface area contributed by atoms with Crippen molar-refractivity contribution in [1.29, 1.82) is 0 Å². The molecule has 2 nitrogen and oxygen atoms in total. The second kappa shape index (κ2) is 5.43. The first-order chi connectivity index (χ1) is 8.50. The number of hydrogen-bond acceptors (Lipinski definition) is 1. The lowest BCUT2D eigenvalue weighted by atomic mass is 9.91. The normalized spacial score (nSPS) is 24.1. The highest BCUT2D eigenvalue weighted by molar-refractivity contribution is 9.10. The van der Waals surface area contributed by atoms with E-state index in [9.17, 15) is 4.79 Å². The van der Waals surface area contributed by atoms with Crippen LogP contribution < -0.4 is 0 Å². The van der Waals surface area contributed by atoms with Crippen LogP contribution in [0.25, 0.3) is 0 Å². The van der Waals surface area contributed by atoms with Crippen molar-refractivity contribution in [3.8, 4) is 0 Å². The summed E-state index contributed by atoms with van der Waals surface area (Å²) in [5.74, 6) is 0.746. The summed E-state index contributed by atoms with van der Waals surface area (Å²) >= 11 is 3.49. The lowest BCUT2D eigenvalue weighted by Crippen LogP contribution is -2.46. The van der Waals surface area contributed by atoms with Crippen molar-refractivity contribution in [2.24, 2.45) is 5.92 Å². The number of hydrogen-bond donors (Lipinski definition) is 0. The van der Waals surface area contributed by atoms with Crippen LogP contribution in [0, 0.1) is 12.8 Å². The first kappa shape index (κ1) is 13.6. The maximum absolute atomic E-state index is 12.6. The molecule has 1 aromatic carbocycles. The van der Waals surface area contributed by atoms with Gasteiger partial charge in [0.25, 0.3) is 5.91 Å². The molecule has 1 saturated heterocycles. The number of piperidine rings is 1. The average Bonchev–Trinajstić information content (AvgIpc) is 2.35. The van der Waals surface area contributed by atoms with Crippen LogP contribution in [0.3, 0.4) is 0 Å². The zero-order valence-electron chi connectivity index (χ0n) is 11.2. The van der Waals surface area contributed by atoms with Gasteiger partial charge in [0.1, 0.15) is 0 Å². The van der Waals surface area contributed by atoms with Crippen LogP contribution in [-0.2, 0) is 0 Å². The fourth-order valence-corrected chi connectivity index (χ4v) is 3.00. The van der Waals surface area contributed by atoms with E-state index in [1.165, 1.54) is 6.42 Å². The topological polar surface area (TPSA) is 20.3 Å². The number of aryl methyl sites for hydroxylation is 1. The molecule has 0 aliphatic carbocycles. The highest BCUT2D eigenvalue weighted by Gasteiger charge is 2.29. The predicted octanol–water partition coefficient (Wildman–Crippen LogP) is 4.02. The minimum atomic E-state index is 0.157. The molecule has 3 heteroatoms. The Morgan fingerprint density at radius 3 is 2.83 bits per heavy atom. The summed E-state index contributed by atoms with van der Waals surface area (Å²) in [6.45, 7) is 7.29. The van der Waals surface area contributed by atoms with Crippen molar-refractivity contribution in [3.05, 3.63) is 33.8 Å². The van der Waals surface area contributed by atoms with Crippen molar-refractivity contribution in [2.45, 2.75) is 39.7 Å². The Bertz CT molecular complexity index is 458. The minimum absolute atomic E-state index is 0.157. The van der Waals surface area contributed by atoms with Gasteiger partial charge in [-0.2, -0.15) is 0 Å². The molecular formula is C15H20BrNO. The fraction of sp³-hybridized carbons (Fsp3) is 0.533. The SMILES string of the molecule is Cc1ccc(Br)c(C(=O)N2CCCC(C)C2C)c1. The fourth-order valence-electron chi connectivity index (χ4n) is 2.58. The molecule has 0 bridgehead atoms. The number of likely N-dealkylation sites (tertiary alicyclic amines) is 1. The van der Waals surface area contributed by atoms with Gasteiger partial charge in [0, 0.05) is 17.1 Å². The molecule has 0 aromatic heterocycles. The quantitative estimate of drug-likeness (QED) is 0.767. The Hall–Kier alpha value is -0.830. The second-order valence-corrected chi connectivity index (χ2v) is 6.20. The van der Waals surface area contributed by atoms with Crippen LogP contribution in [0.15, 0.2) is 22.7 Å². The summed E-state index contributed by atoms with van der Waals surface area (Å²) in [5, 5.41) is 0. The van der Waals surface area contributed by atoms with Gasteiger partial charge in [-0.15, -0.1) is 0 Å². The van der Waals surface area contributed by atoms with Crippen molar-refractivity contribution >= 4 is 21.8 Å². The molecule has 1 amide bonds. The van der Waals surface area contributed by atoms with Crippen LogP contribution in [-0.4, -0.2) is 23.4 Å².